The number of allylic oxidation sites excluding steroid dienone is 1. The molecule has 0 N–H and O–H groups in total. The van der Waals surface area contributed by atoms with E-state index in [0.717, 1.165) is 5.57 Å². The van der Waals surface area contributed by atoms with Crippen LogP contribution in [0.3, 0.4) is 0 Å². The monoisotopic (exact) mass is 199 g/mol. The van der Waals surface area contributed by atoms with Crippen molar-refractivity contribution in [3.63, 3.8) is 0 Å². The summed E-state index contributed by atoms with van der Waals surface area (Å²) in [4.78, 5) is 0. The molecule has 1 unspecified atom stereocenters. The molecule has 1 saturated heterocycles. The van der Waals surface area contributed by atoms with Gasteiger partial charge in [0, 0.05) is 0 Å². The van der Waals surface area contributed by atoms with E-state index in [1.165, 1.54) is 0 Å². The molecule has 0 aromatic carbocycles. The summed E-state index contributed by atoms with van der Waals surface area (Å²) in [5, 5.41) is 8.94. The van der Waals surface area contributed by atoms with Crippen molar-refractivity contribution in [2.45, 2.75) is 19.8 Å². The number of nitriles is 1. The van der Waals surface area contributed by atoms with Crippen LogP contribution in [0.1, 0.15) is 19.8 Å². The van der Waals surface area contributed by atoms with E-state index < -0.39 is 15.3 Å². The van der Waals surface area contributed by atoms with Crippen molar-refractivity contribution in [2.24, 2.45) is 5.41 Å². The number of hydrogen-bond donors (Lipinski definition) is 0. The Morgan fingerprint density at radius 1 is 1.69 bits per heavy atom. The molecule has 1 aliphatic rings. The predicted octanol–water partition coefficient (Wildman–Crippen LogP) is 1.28. The number of hydrogen-bond acceptors (Lipinski definition) is 3. The third-order valence-corrected chi connectivity index (χ3v) is 4.08. The highest BCUT2D eigenvalue weighted by Gasteiger charge is 2.42. The Kier molecular flexibility index (Phi) is 2.49. The van der Waals surface area contributed by atoms with Crippen LogP contribution in [0.5, 0.6) is 0 Å². The molecule has 4 heteroatoms. The largest absolute Gasteiger partial charge is 0.229 e. The van der Waals surface area contributed by atoms with Gasteiger partial charge in [-0.15, -0.1) is 6.58 Å². The maximum atomic E-state index is 11.2. The van der Waals surface area contributed by atoms with E-state index in [9.17, 15) is 8.42 Å². The summed E-state index contributed by atoms with van der Waals surface area (Å²) in [6.07, 6.45) is 0.960. The Bertz CT molecular complexity index is 364. The molecule has 1 atom stereocenters. The van der Waals surface area contributed by atoms with E-state index in [1.54, 1.807) is 0 Å². The van der Waals surface area contributed by atoms with Crippen LogP contribution in [-0.4, -0.2) is 19.9 Å². The lowest BCUT2D eigenvalue weighted by atomic mass is 9.83. The van der Waals surface area contributed by atoms with Crippen molar-refractivity contribution in [2.75, 3.05) is 11.5 Å². The van der Waals surface area contributed by atoms with E-state index in [4.69, 9.17) is 5.26 Å². The fourth-order valence-electron chi connectivity index (χ4n) is 1.76. The van der Waals surface area contributed by atoms with Gasteiger partial charge in [0.05, 0.1) is 23.0 Å². The highest BCUT2D eigenvalue weighted by Crippen LogP contribution is 2.36. The standard InChI is InChI=1S/C9H13NO2S/c1-8(2)5-9(6-10)3-4-13(11,12)7-9/h1,3-5,7H2,2H3. The maximum absolute atomic E-state index is 11.2. The Labute approximate surface area is 79.0 Å². The summed E-state index contributed by atoms with van der Waals surface area (Å²) >= 11 is 0. The van der Waals surface area contributed by atoms with Gasteiger partial charge in [-0.2, -0.15) is 5.26 Å². The van der Waals surface area contributed by atoms with Crippen molar-refractivity contribution in [3.05, 3.63) is 12.2 Å². The van der Waals surface area contributed by atoms with Crippen LogP contribution in [0.2, 0.25) is 0 Å². The normalized spacial score (nSPS) is 31.1. The van der Waals surface area contributed by atoms with E-state index in [1.807, 2.05) is 6.92 Å². The quantitative estimate of drug-likeness (QED) is 0.629. The van der Waals surface area contributed by atoms with Gasteiger partial charge in [0.25, 0.3) is 0 Å². The first kappa shape index (κ1) is 10.3. The molecule has 1 aliphatic heterocycles. The van der Waals surface area contributed by atoms with Gasteiger partial charge in [-0.05, 0) is 19.8 Å². The summed E-state index contributed by atoms with van der Waals surface area (Å²) in [6.45, 7) is 5.54. The minimum absolute atomic E-state index is 0.00333. The number of nitrogens with zero attached hydrogens (tertiary/aromatic N) is 1. The second-order valence-electron chi connectivity index (χ2n) is 3.87. The Morgan fingerprint density at radius 2 is 2.31 bits per heavy atom. The zero-order valence-electron chi connectivity index (χ0n) is 7.71. The molecule has 0 bridgehead atoms. The van der Waals surface area contributed by atoms with Crippen molar-refractivity contribution in [1.82, 2.24) is 0 Å². The fraction of sp³-hybridized carbons (Fsp3) is 0.667. The minimum Gasteiger partial charge on any atom is -0.229 e. The van der Waals surface area contributed by atoms with Crippen LogP contribution in [0, 0.1) is 16.7 Å². The van der Waals surface area contributed by atoms with Crippen molar-refractivity contribution in [3.8, 4) is 6.07 Å². The molecule has 0 saturated carbocycles. The van der Waals surface area contributed by atoms with Gasteiger partial charge in [-0.3, -0.25) is 0 Å². The molecule has 1 heterocycles. The molecule has 0 amide bonds. The van der Waals surface area contributed by atoms with Gasteiger partial charge >= 0.3 is 0 Å². The number of sulfone groups is 1. The summed E-state index contributed by atoms with van der Waals surface area (Å²) in [5.41, 5.74) is 0.184. The molecule has 0 radical (unpaired) electrons. The van der Waals surface area contributed by atoms with Gasteiger partial charge in [0.1, 0.15) is 0 Å². The molecular formula is C9H13NO2S. The van der Waals surface area contributed by atoms with Crippen LogP contribution in [0.25, 0.3) is 0 Å². The van der Waals surface area contributed by atoms with E-state index in [-0.39, 0.29) is 11.5 Å². The lowest BCUT2D eigenvalue weighted by Crippen LogP contribution is -2.20. The highest BCUT2D eigenvalue weighted by atomic mass is 32.2. The van der Waals surface area contributed by atoms with Crippen molar-refractivity contribution < 1.29 is 8.42 Å². The average Bonchev–Trinajstić information content (AvgIpc) is 2.26. The molecule has 13 heavy (non-hydrogen) atoms. The third kappa shape index (κ3) is 2.31. The second kappa shape index (κ2) is 3.15. The molecule has 0 spiro atoms. The maximum Gasteiger partial charge on any atom is 0.151 e. The molecule has 0 aliphatic carbocycles. The van der Waals surface area contributed by atoms with E-state index >= 15 is 0 Å². The van der Waals surface area contributed by atoms with Crippen LogP contribution >= 0.6 is 0 Å². The van der Waals surface area contributed by atoms with Crippen LogP contribution in [0.4, 0.5) is 0 Å². The molecule has 72 valence electrons. The zero-order valence-corrected chi connectivity index (χ0v) is 8.52. The molecule has 3 nitrogen and oxygen atoms in total. The van der Waals surface area contributed by atoms with Crippen molar-refractivity contribution >= 4 is 9.84 Å². The van der Waals surface area contributed by atoms with Gasteiger partial charge in [0.15, 0.2) is 9.84 Å². The fourth-order valence-corrected chi connectivity index (χ4v) is 3.76. The average molecular weight is 199 g/mol. The van der Waals surface area contributed by atoms with E-state index in [0.29, 0.717) is 12.8 Å². The Balaban J connectivity index is 2.88. The van der Waals surface area contributed by atoms with Gasteiger partial charge in [0.2, 0.25) is 0 Å². The number of rotatable bonds is 2. The Morgan fingerprint density at radius 3 is 2.62 bits per heavy atom. The van der Waals surface area contributed by atoms with E-state index in [2.05, 4.69) is 12.6 Å². The highest BCUT2D eigenvalue weighted by molar-refractivity contribution is 7.91. The lowest BCUT2D eigenvalue weighted by molar-refractivity contribution is 0.450. The minimum atomic E-state index is -2.98. The van der Waals surface area contributed by atoms with Crippen molar-refractivity contribution in [1.29, 1.82) is 5.26 Å². The topological polar surface area (TPSA) is 57.9 Å². The first-order valence-electron chi connectivity index (χ1n) is 4.15. The van der Waals surface area contributed by atoms with Crippen LogP contribution < -0.4 is 0 Å². The van der Waals surface area contributed by atoms with Gasteiger partial charge in [-0.1, -0.05) is 5.57 Å². The first-order valence-corrected chi connectivity index (χ1v) is 5.97. The lowest BCUT2D eigenvalue weighted by Gasteiger charge is -2.17. The van der Waals surface area contributed by atoms with Gasteiger partial charge < -0.3 is 0 Å². The zero-order chi connectivity index (χ0) is 10.1. The predicted molar refractivity (Wildman–Crippen MR) is 50.7 cm³/mol. The SMILES string of the molecule is C=C(C)CC1(C#N)CCS(=O)(=O)C1. The summed E-state index contributed by atoms with van der Waals surface area (Å²) in [7, 11) is -2.98. The second-order valence-corrected chi connectivity index (χ2v) is 6.05. The van der Waals surface area contributed by atoms with Crippen LogP contribution in [0.15, 0.2) is 12.2 Å². The molecule has 1 fully saturated rings. The van der Waals surface area contributed by atoms with Gasteiger partial charge in [-0.25, -0.2) is 8.42 Å². The smallest absolute Gasteiger partial charge is 0.151 e. The molecule has 0 aromatic rings. The summed E-state index contributed by atoms with van der Waals surface area (Å²) in [5.74, 6) is 0.150. The van der Waals surface area contributed by atoms with Crippen LogP contribution in [-0.2, 0) is 9.84 Å². The molecule has 1 rings (SSSR count). The Hall–Kier alpha value is -0.820. The first-order chi connectivity index (χ1) is 5.89. The molecular weight excluding hydrogens is 186 g/mol. The molecule has 0 aromatic heterocycles. The third-order valence-electron chi connectivity index (χ3n) is 2.27. The summed E-state index contributed by atoms with van der Waals surface area (Å²) < 4.78 is 22.4. The summed E-state index contributed by atoms with van der Waals surface area (Å²) in [6, 6.07) is 2.12.